The normalized spacial score (nSPS) is 12.0. The van der Waals surface area contributed by atoms with E-state index in [0.29, 0.717) is 5.76 Å². The third-order valence-corrected chi connectivity index (χ3v) is 6.39. The molecule has 136 valence electrons. The fourth-order valence-corrected chi connectivity index (χ4v) is 5.05. The number of nitrogens with one attached hydrogen (secondary N) is 2. The van der Waals surface area contributed by atoms with Gasteiger partial charge in [0.25, 0.3) is 10.0 Å². The fraction of sp³-hybridized carbons (Fsp3) is 0.0625. The summed E-state index contributed by atoms with van der Waals surface area (Å²) in [6.07, 6.45) is 4.23. The van der Waals surface area contributed by atoms with Gasteiger partial charge in [0.05, 0.1) is 24.7 Å². The Labute approximate surface area is 151 Å². The molecule has 0 bridgehead atoms. The number of hydrogen-bond donors (Lipinski definition) is 2. The molecule has 2 aromatic heterocycles. The van der Waals surface area contributed by atoms with Gasteiger partial charge in [-0.05, 0) is 36.4 Å². The molecule has 0 aliphatic carbocycles. The quantitative estimate of drug-likeness (QED) is 0.633. The van der Waals surface area contributed by atoms with Crippen LogP contribution in [0.3, 0.4) is 0 Å². The second-order valence-electron chi connectivity index (χ2n) is 5.20. The first kappa shape index (κ1) is 18.1. The van der Waals surface area contributed by atoms with Gasteiger partial charge in [-0.2, -0.15) is 0 Å². The maximum Gasteiger partial charge on any atom is 0.263 e. The summed E-state index contributed by atoms with van der Waals surface area (Å²) in [6, 6.07) is 11.6. The Balaban J connectivity index is 1.92. The number of furan rings is 1. The van der Waals surface area contributed by atoms with Crippen LogP contribution in [0.1, 0.15) is 5.76 Å². The van der Waals surface area contributed by atoms with Crippen LogP contribution in [0.15, 0.2) is 81.4 Å². The van der Waals surface area contributed by atoms with Gasteiger partial charge in [0.2, 0.25) is 10.0 Å². The van der Waals surface area contributed by atoms with Crippen molar-refractivity contribution < 1.29 is 21.3 Å². The van der Waals surface area contributed by atoms with E-state index in [4.69, 9.17) is 4.42 Å². The standard InChI is InChI=1S/C16H15N3O5S2/c20-25(21,18-12-14-6-4-10-24-14)15-7-1-2-8-16(15)26(22,23)19-13-5-3-9-17-11-13/h1-11,18-19H,12H2. The minimum absolute atomic E-state index is 0.0975. The summed E-state index contributed by atoms with van der Waals surface area (Å²) in [5.74, 6) is 0.405. The molecule has 0 aliphatic heterocycles. The molecule has 1 aromatic carbocycles. The Morgan fingerprint density at radius 1 is 0.885 bits per heavy atom. The van der Waals surface area contributed by atoms with Crippen LogP contribution in [-0.2, 0) is 26.6 Å². The summed E-state index contributed by atoms with van der Waals surface area (Å²) >= 11 is 0. The molecule has 0 saturated heterocycles. The zero-order chi connectivity index (χ0) is 18.6. The lowest BCUT2D eigenvalue weighted by molar-refractivity contribution is 0.498. The van der Waals surface area contributed by atoms with Crippen molar-refractivity contribution in [3.8, 4) is 0 Å². The highest BCUT2D eigenvalue weighted by molar-refractivity contribution is 7.94. The molecule has 3 aromatic rings. The third-order valence-electron chi connectivity index (χ3n) is 3.36. The molecule has 0 saturated carbocycles. The maximum absolute atomic E-state index is 12.7. The second-order valence-corrected chi connectivity index (χ2v) is 8.58. The SMILES string of the molecule is O=S(=O)(NCc1ccco1)c1ccccc1S(=O)(=O)Nc1cccnc1. The molecule has 0 spiro atoms. The van der Waals surface area contributed by atoms with E-state index < -0.39 is 20.0 Å². The van der Waals surface area contributed by atoms with Gasteiger partial charge in [0.15, 0.2) is 0 Å². The predicted octanol–water partition coefficient (Wildman–Crippen LogP) is 1.95. The monoisotopic (exact) mass is 393 g/mol. The van der Waals surface area contributed by atoms with Crippen LogP contribution in [0.4, 0.5) is 5.69 Å². The van der Waals surface area contributed by atoms with Crippen molar-refractivity contribution in [2.75, 3.05) is 4.72 Å². The van der Waals surface area contributed by atoms with E-state index in [0.717, 1.165) is 0 Å². The highest BCUT2D eigenvalue weighted by Crippen LogP contribution is 2.23. The minimum Gasteiger partial charge on any atom is -0.468 e. The van der Waals surface area contributed by atoms with Crippen molar-refractivity contribution in [3.05, 3.63) is 72.9 Å². The van der Waals surface area contributed by atoms with Crippen LogP contribution in [0.5, 0.6) is 0 Å². The highest BCUT2D eigenvalue weighted by atomic mass is 32.2. The lowest BCUT2D eigenvalue weighted by atomic mass is 10.4. The number of pyridine rings is 1. The average Bonchev–Trinajstić information content (AvgIpc) is 3.14. The van der Waals surface area contributed by atoms with Crippen molar-refractivity contribution in [2.45, 2.75) is 16.3 Å². The maximum atomic E-state index is 12.7. The second kappa shape index (κ2) is 7.28. The van der Waals surface area contributed by atoms with Gasteiger partial charge in [-0.15, -0.1) is 0 Å². The van der Waals surface area contributed by atoms with Crippen LogP contribution in [-0.4, -0.2) is 21.8 Å². The van der Waals surface area contributed by atoms with Gasteiger partial charge in [0.1, 0.15) is 15.6 Å². The van der Waals surface area contributed by atoms with Crippen LogP contribution >= 0.6 is 0 Å². The number of sulfonamides is 2. The van der Waals surface area contributed by atoms with Crippen molar-refractivity contribution in [1.29, 1.82) is 0 Å². The molecule has 2 N–H and O–H groups in total. The largest absolute Gasteiger partial charge is 0.468 e. The Bertz CT molecular complexity index is 1080. The summed E-state index contributed by atoms with van der Waals surface area (Å²) in [5, 5.41) is 0. The van der Waals surface area contributed by atoms with E-state index >= 15 is 0 Å². The number of hydrogen-bond acceptors (Lipinski definition) is 6. The molecule has 8 nitrogen and oxygen atoms in total. The minimum atomic E-state index is -4.13. The van der Waals surface area contributed by atoms with Crippen molar-refractivity contribution >= 4 is 25.7 Å². The van der Waals surface area contributed by atoms with E-state index in [2.05, 4.69) is 14.4 Å². The van der Waals surface area contributed by atoms with Gasteiger partial charge in [-0.1, -0.05) is 12.1 Å². The number of rotatable bonds is 7. The highest BCUT2D eigenvalue weighted by Gasteiger charge is 2.26. The Hall–Kier alpha value is -2.69. The lowest BCUT2D eigenvalue weighted by Gasteiger charge is -2.13. The fourth-order valence-electron chi connectivity index (χ4n) is 2.18. The first-order valence-electron chi connectivity index (χ1n) is 7.42. The molecule has 0 aliphatic rings. The zero-order valence-corrected chi connectivity index (χ0v) is 15.0. The first-order chi connectivity index (χ1) is 12.4. The summed E-state index contributed by atoms with van der Waals surface area (Å²) in [7, 11) is -8.22. The van der Waals surface area contributed by atoms with E-state index in [9.17, 15) is 16.8 Å². The van der Waals surface area contributed by atoms with Crippen molar-refractivity contribution in [3.63, 3.8) is 0 Å². The third kappa shape index (κ3) is 4.10. The molecule has 26 heavy (non-hydrogen) atoms. The molecule has 0 atom stereocenters. The molecule has 2 heterocycles. The van der Waals surface area contributed by atoms with Crippen molar-refractivity contribution in [2.24, 2.45) is 0 Å². The number of anilines is 1. The molecule has 0 amide bonds. The Morgan fingerprint density at radius 3 is 2.23 bits per heavy atom. The topological polar surface area (TPSA) is 118 Å². The zero-order valence-electron chi connectivity index (χ0n) is 13.4. The van der Waals surface area contributed by atoms with Crippen LogP contribution in [0.2, 0.25) is 0 Å². The van der Waals surface area contributed by atoms with E-state index in [-0.39, 0.29) is 22.0 Å². The summed E-state index contributed by atoms with van der Waals surface area (Å²) in [5.41, 5.74) is 0.225. The smallest absolute Gasteiger partial charge is 0.263 e. The summed E-state index contributed by atoms with van der Waals surface area (Å²) in [6.45, 7) is -0.0975. The van der Waals surface area contributed by atoms with Gasteiger partial charge >= 0.3 is 0 Å². The van der Waals surface area contributed by atoms with Crippen LogP contribution in [0, 0.1) is 0 Å². The number of aromatic nitrogens is 1. The predicted molar refractivity (Wildman–Crippen MR) is 94.2 cm³/mol. The van der Waals surface area contributed by atoms with Gasteiger partial charge in [-0.25, -0.2) is 21.6 Å². The van der Waals surface area contributed by atoms with Gasteiger partial charge in [-0.3, -0.25) is 9.71 Å². The van der Waals surface area contributed by atoms with E-state index in [1.165, 1.54) is 49.0 Å². The summed E-state index contributed by atoms with van der Waals surface area (Å²) < 4.78 is 60.2. The molecule has 0 radical (unpaired) electrons. The van der Waals surface area contributed by atoms with Gasteiger partial charge in [0, 0.05) is 6.20 Å². The van der Waals surface area contributed by atoms with Crippen molar-refractivity contribution in [1.82, 2.24) is 9.71 Å². The lowest BCUT2D eigenvalue weighted by Crippen LogP contribution is -2.26. The van der Waals surface area contributed by atoms with Crippen LogP contribution in [0.25, 0.3) is 0 Å². The Morgan fingerprint density at radius 2 is 1.62 bits per heavy atom. The van der Waals surface area contributed by atoms with E-state index in [1.54, 1.807) is 18.2 Å². The Kier molecular flexibility index (Phi) is 5.07. The van der Waals surface area contributed by atoms with Crippen LogP contribution < -0.4 is 9.44 Å². The molecule has 3 rings (SSSR count). The first-order valence-corrected chi connectivity index (χ1v) is 10.4. The number of nitrogens with zero attached hydrogens (tertiary/aromatic N) is 1. The molecule has 10 heteroatoms. The molecule has 0 unspecified atom stereocenters. The average molecular weight is 393 g/mol. The molecular formula is C16H15N3O5S2. The summed E-state index contributed by atoms with van der Waals surface area (Å²) in [4.78, 5) is 3.10. The number of benzene rings is 1. The van der Waals surface area contributed by atoms with Gasteiger partial charge < -0.3 is 4.42 Å². The van der Waals surface area contributed by atoms with E-state index in [1.807, 2.05) is 0 Å². The molecule has 0 fully saturated rings. The molecular weight excluding hydrogens is 378 g/mol.